The van der Waals surface area contributed by atoms with Gasteiger partial charge in [-0.1, -0.05) is 29.4 Å². The molecule has 1 aliphatic heterocycles. The highest BCUT2D eigenvalue weighted by atomic mass is 16.5. The van der Waals surface area contributed by atoms with E-state index in [1.165, 1.54) is 0 Å². The third-order valence-electron chi connectivity index (χ3n) is 4.98. The van der Waals surface area contributed by atoms with Crippen LogP contribution < -0.4 is 14.8 Å². The highest BCUT2D eigenvalue weighted by molar-refractivity contribution is 5.65. The Bertz CT molecular complexity index is 932. The monoisotopic (exact) mass is 379 g/mol. The van der Waals surface area contributed by atoms with Crippen molar-refractivity contribution in [1.29, 1.82) is 0 Å². The second-order valence-electron chi connectivity index (χ2n) is 7.06. The maximum atomic E-state index is 6.35. The lowest BCUT2D eigenvalue weighted by Crippen LogP contribution is -2.34. The minimum absolute atomic E-state index is 0.209. The number of nitrogens with one attached hydrogen (secondary N) is 1. The summed E-state index contributed by atoms with van der Waals surface area (Å²) in [7, 11) is 1.66. The van der Waals surface area contributed by atoms with E-state index < -0.39 is 0 Å². The molecule has 1 aliphatic rings. The molecule has 1 fully saturated rings. The van der Waals surface area contributed by atoms with E-state index in [0.29, 0.717) is 18.1 Å². The molecule has 146 valence electrons. The fraction of sp³-hybridized carbons (Fsp3) is 0.364. The Morgan fingerprint density at radius 2 is 1.96 bits per heavy atom. The molecule has 0 amide bonds. The van der Waals surface area contributed by atoms with E-state index in [0.717, 1.165) is 54.1 Å². The summed E-state index contributed by atoms with van der Waals surface area (Å²) >= 11 is 0. The molecule has 6 nitrogen and oxygen atoms in total. The van der Waals surface area contributed by atoms with Crippen LogP contribution in [0.3, 0.4) is 0 Å². The van der Waals surface area contributed by atoms with E-state index in [1.807, 2.05) is 49.4 Å². The van der Waals surface area contributed by atoms with Gasteiger partial charge in [0.25, 0.3) is 5.89 Å². The number of benzene rings is 2. The first-order valence-corrected chi connectivity index (χ1v) is 9.66. The van der Waals surface area contributed by atoms with Gasteiger partial charge in [-0.25, -0.2) is 0 Å². The van der Waals surface area contributed by atoms with E-state index in [2.05, 4.69) is 15.5 Å². The fourth-order valence-corrected chi connectivity index (χ4v) is 3.46. The second kappa shape index (κ2) is 8.44. The summed E-state index contributed by atoms with van der Waals surface area (Å²) in [4.78, 5) is 4.62. The third kappa shape index (κ3) is 4.17. The SMILES string of the molecule is COc1cccc(Cc2noc(-c3cccc(C)c3OC3CCNCC3)n2)c1. The van der Waals surface area contributed by atoms with Crippen molar-refractivity contribution in [1.82, 2.24) is 15.5 Å². The lowest BCUT2D eigenvalue weighted by atomic mass is 10.1. The molecule has 0 radical (unpaired) electrons. The molecule has 0 unspecified atom stereocenters. The molecule has 0 spiro atoms. The van der Waals surface area contributed by atoms with Crippen molar-refractivity contribution in [2.24, 2.45) is 0 Å². The van der Waals surface area contributed by atoms with Crippen molar-refractivity contribution >= 4 is 0 Å². The normalized spacial score (nSPS) is 14.8. The average Bonchev–Trinajstić information content (AvgIpc) is 3.18. The first-order chi connectivity index (χ1) is 13.7. The number of ether oxygens (including phenoxy) is 2. The van der Waals surface area contributed by atoms with Crippen LogP contribution in [0.5, 0.6) is 11.5 Å². The Morgan fingerprint density at radius 3 is 2.79 bits per heavy atom. The summed E-state index contributed by atoms with van der Waals surface area (Å²) in [5, 5.41) is 7.53. The molecule has 4 rings (SSSR count). The number of aromatic nitrogens is 2. The Kier molecular flexibility index (Phi) is 5.58. The van der Waals surface area contributed by atoms with Gasteiger partial charge in [0.05, 0.1) is 12.7 Å². The lowest BCUT2D eigenvalue weighted by molar-refractivity contribution is 0.162. The largest absolute Gasteiger partial charge is 0.497 e. The zero-order chi connectivity index (χ0) is 19.3. The molecule has 0 aliphatic carbocycles. The third-order valence-corrected chi connectivity index (χ3v) is 4.98. The molecule has 1 N–H and O–H groups in total. The van der Waals surface area contributed by atoms with Crippen molar-refractivity contribution in [2.45, 2.75) is 32.3 Å². The Labute approximate surface area is 164 Å². The van der Waals surface area contributed by atoms with Crippen molar-refractivity contribution in [2.75, 3.05) is 20.2 Å². The number of aryl methyl sites for hydroxylation is 1. The quantitative estimate of drug-likeness (QED) is 0.703. The highest BCUT2D eigenvalue weighted by Gasteiger charge is 2.21. The van der Waals surface area contributed by atoms with E-state index in [-0.39, 0.29) is 6.10 Å². The summed E-state index contributed by atoms with van der Waals surface area (Å²) in [6.45, 7) is 4.02. The number of para-hydroxylation sites is 1. The predicted octanol–water partition coefficient (Wildman–Crippen LogP) is 3.78. The van der Waals surface area contributed by atoms with Gasteiger partial charge >= 0.3 is 0 Å². The zero-order valence-corrected chi connectivity index (χ0v) is 16.3. The summed E-state index contributed by atoms with van der Waals surface area (Å²) in [6, 6.07) is 13.9. The van der Waals surface area contributed by atoms with Crippen LogP contribution in [0, 0.1) is 6.92 Å². The Balaban J connectivity index is 1.57. The van der Waals surface area contributed by atoms with E-state index in [1.54, 1.807) is 7.11 Å². The number of methoxy groups -OCH3 is 1. The molecule has 2 aromatic carbocycles. The molecule has 6 heteroatoms. The van der Waals surface area contributed by atoms with Crippen LogP contribution in [0.1, 0.15) is 29.8 Å². The van der Waals surface area contributed by atoms with Crippen LogP contribution in [-0.4, -0.2) is 36.4 Å². The first-order valence-electron chi connectivity index (χ1n) is 9.66. The van der Waals surface area contributed by atoms with E-state index in [4.69, 9.17) is 14.0 Å². The van der Waals surface area contributed by atoms with Crippen molar-refractivity contribution in [3.8, 4) is 23.0 Å². The maximum absolute atomic E-state index is 6.35. The topological polar surface area (TPSA) is 69.4 Å². The molecule has 2 heterocycles. The van der Waals surface area contributed by atoms with Crippen LogP contribution in [0.25, 0.3) is 11.5 Å². The summed E-state index contributed by atoms with van der Waals surface area (Å²) < 4.78 is 17.2. The predicted molar refractivity (Wildman–Crippen MR) is 107 cm³/mol. The number of hydrogen-bond acceptors (Lipinski definition) is 6. The molecule has 0 saturated carbocycles. The number of hydrogen-bond donors (Lipinski definition) is 1. The smallest absolute Gasteiger partial charge is 0.261 e. The Hall–Kier alpha value is -2.86. The molecule has 1 aromatic heterocycles. The van der Waals surface area contributed by atoms with Gasteiger partial charge in [-0.15, -0.1) is 0 Å². The standard InChI is InChI=1S/C22H25N3O3/c1-15-5-3-8-19(21(15)27-17-9-11-23-12-10-17)22-24-20(25-28-22)14-16-6-4-7-18(13-16)26-2/h3-8,13,17,23H,9-12,14H2,1-2H3. The van der Waals surface area contributed by atoms with Gasteiger partial charge in [0.15, 0.2) is 5.82 Å². The minimum Gasteiger partial charge on any atom is -0.497 e. The van der Waals surface area contributed by atoms with E-state index in [9.17, 15) is 0 Å². The van der Waals surface area contributed by atoms with E-state index >= 15 is 0 Å². The molecule has 28 heavy (non-hydrogen) atoms. The summed E-state index contributed by atoms with van der Waals surface area (Å²) in [5.41, 5.74) is 2.99. The maximum Gasteiger partial charge on any atom is 0.261 e. The Morgan fingerprint density at radius 1 is 1.14 bits per heavy atom. The zero-order valence-electron chi connectivity index (χ0n) is 16.3. The lowest BCUT2D eigenvalue weighted by Gasteiger charge is -2.25. The average molecular weight is 379 g/mol. The summed E-state index contributed by atoms with van der Waals surface area (Å²) in [5.74, 6) is 2.78. The van der Waals surface area contributed by atoms with Gasteiger partial charge in [-0.3, -0.25) is 0 Å². The van der Waals surface area contributed by atoms with Gasteiger partial charge in [-0.05, 0) is 62.2 Å². The number of nitrogens with zero attached hydrogens (tertiary/aromatic N) is 2. The molecule has 3 aromatic rings. The summed E-state index contributed by atoms with van der Waals surface area (Å²) in [6.07, 6.45) is 2.79. The molecular weight excluding hydrogens is 354 g/mol. The van der Waals surface area contributed by atoms with Gasteiger partial charge < -0.3 is 19.3 Å². The molecular formula is C22H25N3O3. The highest BCUT2D eigenvalue weighted by Crippen LogP contribution is 2.34. The van der Waals surface area contributed by atoms with Crippen LogP contribution in [-0.2, 0) is 6.42 Å². The van der Waals surface area contributed by atoms with Crippen LogP contribution in [0.15, 0.2) is 47.0 Å². The van der Waals surface area contributed by atoms with Gasteiger partial charge in [0.1, 0.15) is 17.6 Å². The van der Waals surface area contributed by atoms with Gasteiger partial charge in [0.2, 0.25) is 0 Å². The van der Waals surface area contributed by atoms with Gasteiger partial charge in [-0.2, -0.15) is 4.98 Å². The second-order valence-corrected chi connectivity index (χ2v) is 7.06. The molecule has 0 bridgehead atoms. The number of piperidine rings is 1. The van der Waals surface area contributed by atoms with Crippen LogP contribution in [0.2, 0.25) is 0 Å². The fourth-order valence-electron chi connectivity index (χ4n) is 3.46. The molecule has 0 atom stereocenters. The minimum atomic E-state index is 0.209. The van der Waals surface area contributed by atoms with Crippen LogP contribution >= 0.6 is 0 Å². The number of rotatable bonds is 6. The molecule has 1 saturated heterocycles. The first kappa shape index (κ1) is 18.5. The van der Waals surface area contributed by atoms with Crippen molar-refractivity contribution in [3.05, 3.63) is 59.4 Å². The van der Waals surface area contributed by atoms with Crippen molar-refractivity contribution in [3.63, 3.8) is 0 Å². The van der Waals surface area contributed by atoms with Crippen LogP contribution in [0.4, 0.5) is 0 Å². The van der Waals surface area contributed by atoms with Crippen molar-refractivity contribution < 1.29 is 14.0 Å². The van der Waals surface area contributed by atoms with Gasteiger partial charge in [0, 0.05) is 6.42 Å².